The van der Waals surface area contributed by atoms with Gasteiger partial charge in [-0.05, 0) is 31.7 Å². The highest BCUT2D eigenvalue weighted by atomic mass is 16.5. The van der Waals surface area contributed by atoms with Crippen molar-refractivity contribution >= 4 is 0 Å². The summed E-state index contributed by atoms with van der Waals surface area (Å²) in [6, 6.07) is 8.04. The minimum atomic E-state index is 0.771. The van der Waals surface area contributed by atoms with Gasteiger partial charge in [0.15, 0.2) is 5.75 Å². The van der Waals surface area contributed by atoms with Crippen molar-refractivity contribution < 1.29 is 4.74 Å². The van der Waals surface area contributed by atoms with Crippen LogP contribution < -0.4 is 10.1 Å². The van der Waals surface area contributed by atoms with Crippen LogP contribution in [-0.2, 0) is 13.1 Å². The monoisotopic (exact) mass is 231 g/mol. The zero-order valence-corrected chi connectivity index (χ0v) is 10.2. The van der Waals surface area contributed by atoms with Gasteiger partial charge in [0.25, 0.3) is 0 Å². The summed E-state index contributed by atoms with van der Waals surface area (Å²) in [7, 11) is 1.93. The van der Waals surface area contributed by atoms with E-state index >= 15 is 0 Å². The molecular formula is C13H17N3O. The molecular weight excluding hydrogens is 214 g/mol. The minimum Gasteiger partial charge on any atom is -0.454 e. The lowest BCUT2D eigenvalue weighted by atomic mass is 10.2. The Kier molecular flexibility index (Phi) is 3.77. The van der Waals surface area contributed by atoms with Crippen LogP contribution in [0.25, 0.3) is 0 Å². The molecule has 0 amide bonds. The lowest BCUT2D eigenvalue weighted by Gasteiger charge is -2.04. The number of nitrogens with one attached hydrogen (secondary N) is 1. The van der Waals surface area contributed by atoms with E-state index in [1.807, 2.05) is 37.0 Å². The van der Waals surface area contributed by atoms with Gasteiger partial charge in [-0.15, -0.1) is 0 Å². The quantitative estimate of drug-likeness (QED) is 0.859. The van der Waals surface area contributed by atoms with Crippen molar-refractivity contribution in [3.63, 3.8) is 0 Å². The molecule has 4 nitrogen and oxygen atoms in total. The lowest BCUT2D eigenvalue weighted by Crippen LogP contribution is -2.04. The van der Waals surface area contributed by atoms with Gasteiger partial charge in [0.2, 0.25) is 0 Å². The van der Waals surface area contributed by atoms with Crippen LogP contribution >= 0.6 is 0 Å². The van der Waals surface area contributed by atoms with E-state index < -0.39 is 0 Å². The molecule has 0 bridgehead atoms. The number of nitrogens with zero attached hydrogens (tertiary/aromatic N) is 2. The van der Waals surface area contributed by atoms with Crippen LogP contribution in [0.5, 0.6) is 11.5 Å². The molecule has 0 aliphatic heterocycles. The average molecular weight is 231 g/mol. The van der Waals surface area contributed by atoms with Gasteiger partial charge < -0.3 is 10.1 Å². The standard InChI is InChI=1S/C13H17N3O/c1-3-16-10-13(9-15-16)17-12-6-4-11(5-7-12)8-14-2/h4-7,9-10,14H,3,8H2,1-2H3. The first kappa shape index (κ1) is 11.7. The number of hydrogen-bond acceptors (Lipinski definition) is 3. The normalized spacial score (nSPS) is 10.5. The highest BCUT2D eigenvalue weighted by Crippen LogP contribution is 2.20. The largest absolute Gasteiger partial charge is 0.454 e. The Hall–Kier alpha value is -1.81. The minimum absolute atomic E-state index is 0.771. The van der Waals surface area contributed by atoms with Crippen LogP contribution in [0.2, 0.25) is 0 Å². The summed E-state index contributed by atoms with van der Waals surface area (Å²) in [4.78, 5) is 0. The molecule has 0 atom stereocenters. The highest BCUT2D eigenvalue weighted by molar-refractivity contribution is 5.31. The second-order valence-corrected chi connectivity index (χ2v) is 3.81. The second kappa shape index (κ2) is 5.50. The van der Waals surface area contributed by atoms with Crippen molar-refractivity contribution in [3.8, 4) is 11.5 Å². The zero-order valence-electron chi connectivity index (χ0n) is 10.2. The van der Waals surface area contributed by atoms with Gasteiger partial charge in [0, 0.05) is 13.1 Å². The van der Waals surface area contributed by atoms with E-state index in [0.29, 0.717) is 0 Å². The fourth-order valence-corrected chi connectivity index (χ4v) is 1.59. The van der Waals surface area contributed by atoms with Crippen molar-refractivity contribution in [1.29, 1.82) is 0 Å². The number of aromatic nitrogens is 2. The number of aryl methyl sites for hydroxylation is 1. The SMILES string of the molecule is CCn1cc(Oc2ccc(CNC)cc2)cn1. The van der Waals surface area contributed by atoms with Gasteiger partial charge in [-0.2, -0.15) is 5.10 Å². The molecule has 90 valence electrons. The first-order valence-electron chi connectivity index (χ1n) is 5.75. The summed E-state index contributed by atoms with van der Waals surface area (Å²) < 4.78 is 7.53. The number of benzene rings is 1. The topological polar surface area (TPSA) is 39.1 Å². The van der Waals surface area contributed by atoms with E-state index in [-0.39, 0.29) is 0 Å². The average Bonchev–Trinajstić information content (AvgIpc) is 2.80. The van der Waals surface area contributed by atoms with E-state index in [1.54, 1.807) is 6.20 Å². The molecule has 17 heavy (non-hydrogen) atoms. The van der Waals surface area contributed by atoms with Gasteiger partial charge in [-0.3, -0.25) is 4.68 Å². The van der Waals surface area contributed by atoms with E-state index in [1.165, 1.54) is 5.56 Å². The molecule has 1 N–H and O–H groups in total. The molecule has 4 heteroatoms. The van der Waals surface area contributed by atoms with E-state index in [4.69, 9.17) is 4.74 Å². The molecule has 1 aromatic carbocycles. The molecule has 0 aliphatic rings. The summed E-state index contributed by atoms with van der Waals surface area (Å²) in [5.41, 5.74) is 1.24. The van der Waals surface area contributed by atoms with Crippen molar-refractivity contribution in [2.24, 2.45) is 0 Å². The molecule has 2 rings (SSSR count). The third kappa shape index (κ3) is 3.07. The van der Waals surface area contributed by atoms with Crippen molar-refractivity contribution in [2.45, 2.75) is 20.0 Å². The Labute approximate surface area is 101 Å². The molecule has 0 aliphatic carbocycles. The van der Waals surface area contributed by atoms with E-state index in [9.17, 15) is 0 Å². The second-order valence-electron chi connectivity index (χ2n) is 3.81. The molecule has 1 heterocycles. The molecule has 0 saturated heterocycles. The molecule has 0 radical (unpaired) electrons. The predicted molar refractivity (Wildman–Crippen MR) is 67.2 cm³/mol. The Balaban J connectivity index is 2.03. The van der Waals surface area contributed by atoms with Crippen molar-refractivity contribution in [2.75, 3.05) is 7.05 Å². The summed E-state index contributed by atoms with van der Waals surface area (Å²) in [5.74, 6) is 1.61. The molecule has 2 aromatic rings. The summed E-state index contributed by atoms with van der Waals surface area (Å²) in [6.45, 7) is 3.77. The Morgan fingerprint density at radius 1 is 1.24 bits per heavy atom. The number of hydrogen-bond donors (Lipinski definition) is 1. The number of rotatable bonds is 5. The van der Waals surface area contributed by atoms with Gasteiger partial charge in [-0.1, -0.05) is 12.1 Å². The third-order valence-corrected chi connectivity index (χ3v) is 2.47. The zero-order chi connectivity index (χ0) is 12.1. The van der Waals surface area contributed by atoms with Crippen molar-refractivity contribution in [3.05, 3.63) is 42.2 Å². The van der Waals surface area contributed by atoms with Crippen LogP contribution in [0.15, 0.2) is 36.7 Å². The lowest BCUT2D eigenvalue weighted by molar-refractivity contribution is 0.481. The summed E-state index contributed by atoms with van der Waals surface area (Å²) in [5, 5.41) is 7.27. The fraction of sp³-hybridized carbons (Fsp3) is 0.308. The molecule has 0 spiro atoms. The summed E-state index contributed by atoms with van der Waals surface area (Å²) in [6.07, 6.45) is 3.62. The maximum Gasteiger partial charge on any atom is 0.165 e. The molecule has 0 unspecified atom stereocenters. The van der Waals surface area contributed by atoms with E-state index in [2.05, 4.69) is 22.5 Å². The highest BCUT2D eigenvalue weighted by Gasteiger charge is 2.00. The van der Waals surface area contributed by atoms with Crippen LogP contribution in [0.1, 0.15) is 12.5 Å². The van der Waals surface area contributed by atoms with Crippen molar-refractivity contribution in [1.82, 2.24) is 15.1 Å². The van der Waals surface area contributed by atoms with Crippen LogP contribution in [0, 0.1) is 0 Å². The number of ether oxygens (including phenoxy) is 1. The van der Waals surface area contributed by atoms with Crippen LogP contribution in [0.3, 0.4) is 0 Å². The van der Waals surface area contributed by atoms with Gasteiger partial charge in [0.05, 0.1) is 12.4 Å². The molecule has 0 fully saturated rings. The smallest absolute Gasteiger partial charge is 0.165 e. The van der Waals surface area contributed by atoms with Crippen LogP contribution in [0.4, 0.5) is 0 Å². The fourth-order valence-electron chi connectivity index (χ4n) is 1.59. The summed E-state index contributed by atoms with van der Waals surface area (Å²) >= 11 is 0. The third-order valence-electron chi connectivity index (χ3n) is 2.47. The van der Waals surface area contributed by atoms with Gasteiger partial charge in [-0.25, -0.2) is 0 Å². The first-order valence-corrected chi connectivity index (χ1v) is 5.75. The van der Waals surface area contributed by atoms with Gasteiger partial charge in [0.1, 0.15) is 5.75 Å². The molecule has 0 saturated carbocycles. The maximum atomic E-state index is 5.69. The molecule has 1 aromatic heterocycles. The Bertz CT molecular complexity index is 462. The van der Waals surface area contributed by atoms with Crippen LogP contribution in [-0.4, -0.2) is 16.8 Å². The maximum absolute atomic E-state index is 5.69. The Morgan fingerprint density at radius 3 is 2.59 bits per heavy atom. The predicted octanol–water partition coefficient (Wildman–Crippen LogP) is 2.41. The Morgan fingerprint density at radius 2 is 2.00 bits per heavy atom. The van der Waals surface area contributed by atoms with Gasteiger partial charge >= 0.3 is 0 Å². The first-order chi connectivity index (χ1) is 8.31. The van der Waals surface area contributed by atoms with E-state index in [0.717, 1.165) is 24.6 Å².